The van der Waals surface area contributed by atoms with Crippen molar-refractivity contribution in [2.24, 2.45) is 5.92 Å². The number of aromatic nitrogens is 3. The Bertz CT molecular complexity index is 402. The lowest BCUT2D eigenvalue weighted by Gasteiger charge is -2.29. The van der Waals surface area contributed by atoms with Crippen LogP contribution in [-0.4, -0.2) is 46.0 Å². The molecule has 19 heavy (non-hydrogen) atoms. The van der Waals surface area contributed by atoms with Gasteiger partial charge in [0.25, 0.3) is 0 Å². The van der Waals surface area contributed by atoms with Gasteiger partial charge in [0.2, 0.25) is 0 Å². The van der Waals surface area contributed by atoms with Crippen LogP contribution in [0.2, 0.25) is 0 Å². The molecule has 2 rings (SSSR count). The summed E-state index contributed by atoms with van der Waals surface area (Å²) < 4.78 is 38.0. The van der Waals surface area contributed by atoms with Crippen LogP contribution >= 0.6 is 0 Å². The normalized spacial score (nSPS) is 21.8. The second kappa shape index (κ2) is 5.90. The number of alkyl halides is 3. The van der Waals surface area contributed by atoms with Crippen LogP contribution in [0.5, 0.6) is 0 Å². The lowest BCUT2D eigenvalue weighted by molar-refractivity contribution is -0.143. The third-order valence-corrected chi connectivity index (χ3v) is 3.52. The van der Waals surface area contributed by atoms with E-state index >= 15 is 0 Å². The van der Waals surface area contributed by atoms with Crippen LogP contribution in [0.1, 0.15) is 25.1 Å². The summed E-state index contributed by atoms with van der Waals surface area (Å²) in [6.45, 7) is 1.08. The first-order chi connectivity index (χ1) is 8.94. The van der Waals surface area contributed by atoms with Crippen LogP contribution in [0.4, 0.5) is 13.2 Å². The molecule has 0 N–H and O–H groups in total. The van der Waals surface area contributed by atoms with Gasteiger partial charge in [-0.25, -0.2) is 9.67 Å². The standard InChI is InChI=1S/C12H19F3N4/c1-18-6-2-3-10(7-18)4-5-11-16-9-17-19(11)8-12(13,14)15/h9-10H,2-8H2,1H3/t10-/m0/s1. The van der Waals surface area contributed by atoms with E-state index in [0.29, 0.717) is 18.2 Å². The number of aryl methyl sites for hydroxylation is 1. The van der Waals surface area contributed by atoms with E-state index in [1.54, 1.807) is 0 Å². The third-order valence-electron chi connectivity index (χ3n) is 3.52. The molecule has 0 radical (unpaired) electrons. The van der Waals surface area contributed by atoms with Crippen LogP contribution in [0.3, 0.4) is 0 Å². The molecule has 7 heteroatoms. The molecule has 0 bridgehead atoms. The zero-order valence-electron chi connectivity index (χ0n) is 11.0. The number of hydrogen-bond acceptors (Lipinski definition) is 3. The fraction of sp³-hybridized carbons (Fsp3) is 0.833. The number of hydrogen-bond donors (Lipinski definition) is 0. The summed E-state index contributed by atoms with van der Waals surface area (Å²) in [5.41, 5.74) is 0. The van der Waals surface area contributed by atoms with Crippen molar-refractivity contribution in [3.8, 4) is 0 Å². The first-order valence-corrected chi connectivity index (χ1v) is 6.56. The smallest absolute Gasteiger partial charge is 0.306 e. The van der Waals surface area contributed by atoms with Crippen molar-refractivity contribution in [1.82, 2.24) is 19.7 Å². The van der Waals surface area contributed by atoms with Crippen LogP contribution in [0.25, 0.3) is 0 Å². The second-order valence-corrected chi connectivity index (χ2v) is 5.26. The average molecular weight is 276 g/mol. The highest BCUT2D eigenvalue weighted by atomic mass is 19.4. The maximum atomic E-state index is 12.3. The van der Waals surface area contributed by atoms with Gasteiger partial charge in [0, 0.05) is 13.0 Å². The van der Waals surface area contributed by atoms with Crippen molar-refractivity contribution in [2.45, 2.75) is 38.4 Å². The first kappa shape index (κ1) is 14.3. The van der Waals surface area contributed by atoms with Gasteiger partial charge >= 0.3 is 6.18 Å². The van der Waals surface area contributed by atoms with Gasteiger partial charge in [0.1, 0.15) is 18.7 Å². The molecule has 4 nitrogen and oxygen atoms in total. The van der Waals surface area contributed by atoms with Crippen molar-refractivity contribution in [3.05, 3.63) is 12.2 Å². The van der Waals surface area contributed by atoms with Gasteiger partial charge < -0.3 is 4.90 Å². The predicted molar refractivity (Wildman–Crippen MR) is 64.6 cm³/mol. The SMILES string of the molecule is CN1CCC[C@@H](CCc2ncnn2CC(F)(F)F)C1. The molecule has 1 saturated heterocycles. The van der Waals surface area contributed by atoms with Gasteiger partial charge in [-0.15, -0.1) is 0 Å². The highest BCUT2D eigenvalue weighted by Crippen LogP contribution is 2.21. The summed E-state index contributed by atoms with van der Waals surface area (Å²) in [6, 6.07) is 0. The molecule has 1 aliphatic rings. The molecular weight excluding hydrogens is 257 g/mol. The van der Waals surface area contributed by atoms with Crippen molar-refractivity contribution in [2.75, 3.05) is 20.1 Å². The summed E-state index contributed by atoms with van der Waals surface area (Å²) in [7, 11) is 2.08. The molecule has 1 fully saturated rings. The number of likely N-dealkylation sites (tertiary alicyclic amines) is 1. The Kier molecular flexibility index (Phi) is 4.44. The van der Waals surface area contributed by atoms with E-state index in [0.717, 1.165) is 37.0 Å². The van der Waals surface area contributed by atoms with Crippen LogP contribution in [0, 0.1) is 5.92 Å². The topological polar surface area (TPSA) is 34.0 Å². The van der Waals surface area contributed by atoms with E-state index in [4.69, 9.17) is 0 Å². The molecular formula is C12H19F3N4. The molecule has 0 amide bonds. The third kappa shape index (κ3) is 4.49. The summed E-state index contributed by atoms with van der Waals surface area (Å²) in [5.74, 6) is 0.986. The maximum absolute atomic E-state index is 12.3. The zero-order valence-corrected chi connectivity index (χ0v) is 11.0. The van der Waals surface area contributed by atoms with E-state index in [1.807, 2.05) is 0 Å². The molecule has 1 aliphatic heterocycles. The average Bonchev–Trinajstić information content (AvgIpc) is 2.71. The Balaban J connectivity index is 1.87. The molecule has 0 saturated carbocycles. The molecule has 1 aromatic rings. The van der Waals surface area contributed by atoms with Gasteiger partial charge in [0.05, 0.1) is 0 Å². The van der Waals surface area contributed by atoms with Crippen LogP contribution in [0.15, 0.2) is 6.33 Å². The molecule has 108 valence electrons. The summed E-state index contributed by atoms with van der Waals surface area (Å²) >= 11 is 0. The monoisotopic (exact) mass is 276 g/mol. The Morgan fingerprint density at radius 3 is 2.89 bits per heavy atom. The highest BCUT2D eigenvalue weighted by molar-refractivity contribution is 4.87. The maximum Gasteiger partial charge on any atom is 0.408 e. The molecule has 0 spiro atoms. The Morgan fingerprint density at radius 2 is 2.21 bits per heavy atom. The van der Waals surface area contributed by atoms with Gasteiger partial charge in [-0.05, 0) is 38.8 Å². The zero-order chi connectivity index (χ0) is 13.9. The molecule has 0 unspecified atom stereocenters. The predicted octanol–water partition coefficient (Wildman–Crippen LogP) is 2.11. The largest absolute Gasteiger partial charge is 0.408 e. The molecule has 0 aliphatic carbocycles. The minimum absolute atomic E-state index is 0.436. The summed E-state index contributed by atoms with van der Waals surface area (Å²) in [6.07, 6.45) is 0.714. The number of piperidine rings is 1. The minimum Gasteiger partial charge on any atom is -0.306 e. The number of rotatable bonds is 4. The van der Waals surface area contributed by atoms with Gasteiger partial charge in [-0.3, -0.25) is 0 Å². The molecule has 1 atom stereocenters. The van der Waals surface area contributed by atoms with Gasteiger partial charge in [0.15, 0.2) is 0 Å². The van der Waals surface area contributed by atoms with E-state index in [1.165, 1.54) is 6.33 Å². The lowest BCUT2D eigenvalue weighted by Crippen LogP contribution is -2.32. The quantitative estimate of drug-likeness (QED) is 0.844. The second-order valence-electron chi connectivity index (χ2n) is 5.26. The van der Waals surface area contributed by atoms with E-state index < -0.39 is 12.7 Å². The van der Waals surface area contributed by atoms with Crippen LogP contribution < -0.4 is 0 Å². The molecule has 0 aromatic carbocycles. The fourth-order valence-corrected chi connectivity index (χ4v) is 2.63. The molecule has 1 aromatic heterocycles. The Labute approximate surface area is 110 Å². The fourth-order valence-electron chi connectivity index (χ4n) is 2.63. The highest BCUT2D eigenvalue weighted by Gasteiger charge is 2.29. The van der Waals surface area contributed by atoms with E-state index in [9.17, 15) is 13.2 Å². The number of halogens is 3. The van der Waals surface area contributed by atoms with Crippen molar-refractivity contribution >= 4 is 0 Å². The minimum atomic E-state index is -4.24. The number of nitrogens with zero attached hydrogens (tertiary/aromatic N) is 4. The lowest BCUT2D eigenvalue weighted by atomic mass is 9.93. The van der Waals surface area contributed by atoms with Crippen molar-refractivity contribution < 1.29 is 13.2 Å². The van der Waals surface area contributed by atoms with Gasteiger partial charge in [-0.1, -0.05) is 0 Å². The van der Waals surface area contributed by atoms with Gasteiger partial charge in [-0.2, -0.15) is 18.3 Å². The molecule has 2 heterocycles. The first-order valence-electron chi connectivity index (χ1n) is 6.56. The van der Waals surface area contributed by atoms with E-state index in [-0.39, 0.29) is 0 Å². The Morgan fingerprint density at radius 1 is 1.42 bits per heavy atom. The summed E-state index contributed by atoms with van der Waals surface area (Å²) in [5, 5.41) is 3.66. The van der Waals surface area contributed by atoms with Crippen molar-refractivity contribution in [1.29, 1.82) is 0 Å². The summed E-state index contributed by atoms with van der Waals surface area (Å²) in [4.78, 5) is 6.21. The van der Waals surface area contributed by atoms with Crippen molar-refractivity contribution in [3.63, 3.8) is 0 Å². The van der Waals surface area contributed by atoms with E-state index in [2.05, 4.69) is 22.0 Å². The Hall–Kier alpha value is -1.11. The van der Waals surface area contributed by atoms with Crippen LogP contribution in [-0.2, 0) is 13.0 Å².